The van der Waals surface area contributed by atoms with Crippen molar-refractivity contribution in [3.63, 3.8) is 0 Å². The molecule has 46 valence electrons. The van der Waals surface area contributed by atoms with Crippen LogP contribution in [0.2, 0.25) is 0 Å². The maximum Gasteiger partial charge on any atom is -0.255 e. The zero-order chi connectivity index (χ0) is 2.00. The van der Waals surface area contributed by atoms with Gasteiger partial charge in [-0.05, 0) is 0 Å². The molecule has 6 heavy (non-hydrogen) atoms. The molecule has 0 rings (SSSR count). The first-order valence-corrected chi connectivity index (χ1v) is 0.200. The van der Waals surface area contributed by atoms with Crippen LogP contribution in [0.1, 0.15) is 0 Å². The van der Waals surface area contributed by atoms with E-state index in [1.165, 1.54) is 0 Å². The maximum absolute atomic E-state index is 6.00. The molecule has 6 heteroatoms. The molecule has 0 radical (unpaired) electrons. The number of hydrogen-bond acceptors (Lipinski definition) is 2. The topological polar surface area (TPSA) is 113 Å². The van der Waals surface area contributed by atoms with Crippen LogP contribution in [0.5, 0.6) is 0 Å². The summed E-state index contributed by atoms with van der Waals surface area (Å²) in [6, 6.07) is 0. The van der Waals surface area contributed by atoms with Gasteiger partial charge >= 0.3 is 0 Å². The van der Waals surface area contributed by atoms with E-state index in [0.29, 0.717) is 0 Å². The predicted octanol–water partition coefficient (Wildman–Crippen LogP) is -5.22. The van der Waals surface area contributed by atoms with E-state index in [-0.39, 0.29) is 21.7 Å². The first-order valence-electron chi connectivity index (χ1n) is 0.200. The average molecular weight is 108 g/mol. The van der Waals surface area contributed by atoms with Crippen LogP contribution < -0.4 is 21.7 Å². The second kappa shape index (κ2) is 715. The predicted molar refractivity (Wildman–Crippen MR) is 17.2 cm³/mol. The lowest BCUT2D eigenvalue weighted by molar-refractivity contribution is -0.176. The molecule has 0 saturated carbocycles. The summed E-state index contributed by atoms with van der Waals surface area (Å²) < 4.78 is 0. The molecule has 0 fully saturated rings. The van der Waals surface area contributed by atoms with Crippen molar-refractivity contribution in [1.29, 1.82) is 0 Å². The summed E-state index contributed by atoms with van der Waals surface area (Å²) in [6.45, 7) is 0. The van der Waals surface area contributed by atoms with E-state index in [1.54, 1.807) is 0 Å². The van der Waals surface area contributed by atoms with Gasteiger partial charge in [0.1, 0.15) is 0 Å². The lowest BCUT2D eigenvalue weighted by Gasteiger charge is -1.25. The minimum atomic E-state index is 0. The molecule has 0 unspecified atom stereocenters. The van der Waals surface area contributed by atoms with Crippen molar-refractivity contribution in [2.24, 2.45) is 0 Å². The Labute approximate surface area is 33.6 Å². The van der Waals surface area contributed by atoms with E-state index in [1.807, 2.05) is 0 Å². The second-order valence-electron chi connectivity index (χ2n) is 0. The van der Waals surface area contributed by atoms with Crippen molar-refractivity contribution in [2.75, 3.05) is 0 Å². The van der Waals surface area contributed by atoms with Gasteiger partial charge in [-0.15, -0.1) is 0 Å². The molecule has 10 N–H and O–H groups in total. The molecule has 4 nitrogen and oxygen atoms in total. The first kappa shape index (κ1) is 257. The molecule has 0 aromatic heterocycles. The van der Waals surface area contributed by atoms with Gasteiger partial charge in [0, 0.05) is 0 Å². The lowest BCUT2D eigenvalue weighted by atomic mass is 14.0. The summed E-state index contributed by atoms with van der Waals surface area (Å²) in [7, 11) is 0. The Balaban J connectivity index is -0.000000000833. The molecule has 0 aliphatic carbocycles. The standard InChI is InChI=1S/2FH.2H3N.H2O2/c;;;;1-2/h2*1H;2*1H3;1-2H. The van der Waals surface area contributed by atoms with Crippen LogP contribution in [0.4, 0.5) is 0 Å². The highest BCUT2D eigenvalue weighted by Gasteiger charge is 0.745. The van der Waals surface area contributed by atoms with Crippen LogP contribution in [0.15, 0.2) is 0 Å². The van der Waals surface area contributed by atoms with E-state index in [9.17, 15) is 0 Å². The Morgan fingerprint density at radius 1 is 0.667 bits per heavy atom. The SMILES string of the molecule is OO.[F-].[F-].[NH4+].[NH4+]. The third-order valence-electron chi connectivity index (χ3n) is 0. The molecular formula is H10F2N2O2. The van der Waals surface area contributed by atoms with Crippen molar-refractivity contribution >= 4 is 0 Å². The van der Waals surface area contributed by atoms with Crippen LogP contribution >= 0.6 is 0 Å². The van der Waals surface area contributed by atoms with E-state index in [0.717, 1.165) is 0 Å². The van der Waals surface area contributed by atoms with Crippen molar-refractivity contribution in [1.82, 2.24) is 12.3 Å². The smallest absolute Gasteiger partial charge is 0.255 e. The highest BCUT2D eigenvalue weighted by atomic mass is 19.0. The molecule has 0 aromatic rings. The van der Waals surface area contributed by atoms with Crippen LogP contribution in [0.3, 0.4) is 0 Å². The van der Waals surface area contributed by atoms with Crippen molar-refractivity contribution in [2.45, 2.75) is 0 Å². The van der Waals surface area contributed by atoms with Crippen LogP contribution in [-0.4, -0.2) is 10.5 Å². The Morgan fingerprint density at radius 3 is 0.667 bits per heavy atom. The monoisotopic (exact) mass is 108 g/mol. The molecule has 0 heterocycles. The fourth-order valence-electron chi connectivity index (χ4n) is 0. The Kier molecular flexibility index (Phi) is 30600. The quantitative estimate of drug-likeness (QED) is 0.183. The molecular weight excluding hydrogens is 98.0 g/mol. The van der Waals surface area contributed by atoms with Crippen LogP contribution in [0, 0.1) is 0 Å². The summed E-state index contributed by atoms with van der Waals surface area (Å²) in [5, 5.41) is 12.0. The third-order valence-corrected chi connectivity index (χ3v) is 0. The largest absolute Gasteiger partial charge is 1.00 e. The zero-order valence-corrected chi connectivity index (χ0v) is 3.65. The molecule has 0 spiro atoms. The van der Waals surface area contributed by atoms with E-state index < -0.39 is 0 Å². The molecule has 0 aromatic carbocycles. The van der Waals surface area contributed by atoms with Crippen molar-refractivity contribution in [3.05, 3.63) is 0 Å². The van der Waals surface area contributed by atoms with Gasteiger partial charge in [-0.25, -0.2) is 0 Å². The van der Waals surface area contributed by atoms with Gasteiger partial charge < -0.3 is 21.7 Å². The van der Waals surface area contributed by atoms with Gasteiger partial charge in [0.05, 0.1) is 0 Å². The maximum atomic E-state index is 6.00. The van der Waals surface area contributed by atoms with E-state index >= 15 is 0 Å². The summed E-state index contributed by atoms with van der Waals surface area (Å²) in [5.74, 6) is 0. The van der Waals surface area contributed by atoms with Crippen LogP contribution in [-0.2, 0) is 0 Å². The number of quaternary nitrogens is 2. The molecule has 0 saturated heterocycles. The van der Waals surface area contributed by atoms with Gasteiger partial charge in [0.2, 0.25) is 0 Å². The summed E-state index contributed by atoms with van der Waals surface area (Å²) in [4.78, 5) is 0. The highest BCUT2D eigenvalue weighted by Crippen LogP contribution is 0.711. The Morgan fingerprint density at radius 2 is 0.667 bits per heavy atom. The molecule has 0 amide bonds. The second-order valence-corrected chi connectivity index (χ2v) is 0. The zero-order valence-electron chi connectivity index (χ0n) is 3.65. The van der Waals surface area contributed by atoms with E-state index in [2.05, 4.69) is 0 Å². The fourth-order valence-corrected chi connectivity index (χ4v) is 0. The van der Waals surface area contributed by atoms with Crippen molar-refractivity contribution in [3.8, 4) is 0 Å². The van der Waals surface area contributed by atoms with Crippen LogP contribution in [0.25, 0.3) is 0 Å². The fraction of sp³-hybridized carbons (Fsp3) is 0. The number of halogens is 2. The Hall–Kier alpha value is -0.300. The van der Waals surface area contributed by atoms with Crippen molar-refractivity contribution < 1.29 is 19.9 Å². The first-order chi connectivity index (χ1) is 1.00. The highest BCUT2D eigenvalue weighted by molar-refractivity contribution is 2.14. The summed E-state index contributed by atoms with van der Waals surface area (Å²) in [5.41, 5.74) is 0. The normalized spacial score (nSPS) is 1.00. The third kappa shape index (κ3) is 300. The molecule has 0 aliphatic rings. The number of rotatable bonds is 0. The lowest BCUT2D eigenvalue weighted by Crippen LogP contribution is -3.00. The summed E-state index contributed by atoms with van der Waals surface area (Å²) in [6.07, 6.45) is 0. The van der Waals surface area contributed by atoms with Gasteiger partial charge in [-0.2, -0.15) is 0 Å². The molecule has 0 bridgehead atoms. The molecule has 0 atom stereocenters. The minimum absolute atomic E-state index is 0. The van der Waals surface area contributed by atoms with Gasteiger partial charge in [-0.3, -0.25) is 10.5 Å². The van der Waals surface area contributed by atoms with Gasteiger partial charge in [0.25, 0.3) is 0 Å². The molecule has 0 aliphatic heterocycles. The Bertz CT molecular complexity index is 9.51. The summed E-state index contributed by atoms with van der Waals surface area (Å²) >= 11 is 0. The van der Waals surface area contributed by atoms with Gasteiger partial charge in [0.15, 0.2) is 0 Å². The average Bonchev–Trinajstić information content (AvgIpc) is 1.00. The minimum Gasteiger partial charge on any atom is -1.00 e. The number of hydrogen-bond donors (Lipinski definition) is 4. The van der Waals surface area contributed by atoms with Gasteiger partial charge in [-0.1, -0.05) is 0 Å². The van der Waals surface area contributed by atoms with E-state index in [4.69, 9.17) is 10.5 Å².